The summed E-state index contributed by atoms with van der Waals surface area (Å²) in [7, 11) is 0. The molecule has 0 saturated heterocycles. The third-order valence-electron chi connectivity index (χ3n) is 3.40. The van der Waals surface area contributed by atoms with Crippen molar-refractivity contribution in [2.45, 2.75) is 6.92 Å². The van der Waals surface area contributed by atoms with Crippen LogP contribution in [0.15, 0.2) is 48.1 Å². The summed E-state index contributed by atoms with van der Waals surface area (Å²) in [6, 6.07) is 8.22. The molecule has 0 aliphatic heterocycles. The first-order chi connectivity index (χ1) is 10.7. The lowest BCUT2D eigenvalue weighted by Gasteiger charge is -2.04. The molecule has 0 bridgehead atoms. The molecule has 4 rings (SSSR count). The number of hydrogen-bond acceptors (Lipinski definition) is 4. The molecule has 0 saturated carbocycles. The number of hydrogen-bond donors (Lipinski definition) is 0. The van der Waals surface area contributed by atoms with Crippen LogP contribution in [0.4, 0.5) is 4.39 Å². The fourth-order valence-electron chi connectivity index (χ4n) is 2.43. The summed E-state index contributed by atoms with van der Waals surface area (Å²) in [5.74, 6) is 0.442. The molecule has 0 amide bonds. The normalized spacial score (nSPS) is 11.2. The predicted octanol–water partition coefficient (Wildman–Crippen LogP) is 3.97. The van der Waals surface area contributed by atoms with E-state index in [9.17, 15) is 4.39 Å². The van der Waals surface area contributed by atoms with E-state index in [2.05, 4.69) is 15.0 Å². The monoisotopic (exact) mass is 310 g/mol. The summed E-state index contributed by atoms with van der Waals surface area (Å²) in [5, 5.41) is 1.98. The molecular weight excluding hydrogens is 299 g/mol. The Labute approximate surface area is 129 Å². The highest BCUT2D eigenvalue weighted by molar-refractivity contribution is 7.15. The lowest BCUT2D eigenvalue weighted by molar-refractivity contribution is 0.628. The fraction of sp³-hybridized carbons (Fsp3) is 0.0625. The van der Waals surface area contributed by atoms with Gasteiger partial charge >= 0.3 is 0 Å². The van der Waals surface area contributed by atoms with Crippen LogP contribution in [0.3, 0.4) is 0 Å². The lowest BCUT2D eigenvalue weighted by Crippen LogP contribution is -1.94. The van der Waals surface area contributed by atoms with Crippen molar-refractivity contribution in [2.75, 3.05) is 0 Å². The molecule has 4 aromatic rings. The number of thiazole rings is 1. The smallest absolute Gasteiger partial charge is 0.194 e. The number of rotatable bonds is 2. The molecule has 6 heteroatoms. The van der Waals surface area contributed by atoms with Crippen molar-refractivity contribution in [3.8, 4) is 22.6 Å². The molecule has 4 nitrogen and oxygen atoms in total. The number of benzene rings is 1. The summed E-state index contributed by atoms with van der Waals surface area (Å²) >= 11 is 1.55. The molecule has 0 unspecified atom stereocenters. The van der Waals surface area contributed by atoms with Gasteiger partial charge in [0.1, 0.15) is 17.3 Å². The van der Waals surface area contributed by atoms with Crippen molar-refractivity contribution < 1.29 is 4.39 Å². The maximum absolute atomic E-state index is 13.2. The van der Waals surface area contributed by atoms with Crippen LogP contribution in [0.25, 0.3) is 27.6 Å². The second-order valence-electron chi connectivity index (χ2n) is 4.86. The van der Waals surface area contributed by atoms with Gasteiger partial charge in [-0.1, -0.05) is 0 Å². The van der Waals surface area contributed by atoms with Crippen molar-refractivity contribution in [2.24, 2.45) is 0 Å². The minimum absolute atomic E-state index is 0.260. The van der Waals surface area contributed by atoms with Crippen LogP contribution in [-0.4, -0.2) is 19.4 Å². The van der Waals surface area contributed by atoms with E-state index in [1.54, 1.807) is 29.7 Å². The van der Waals surface area contributed by atoms with E-state index in [0.717, 1.165) is 27.6 Å². The number of halogens is 1. The zero-order valence-electron chi connectivity index (χ0n) is 11.7. The average molecular weight is 310 g/mol. The van der Waals surface area contributed by atoms with Crippen LogP contribution >= 0.6 is 11.3 Å². The molecule has 0 atom stereocenters. The minimum atomic E-state index is -0.260. The Bertz CT molecular complexity index is 956. The molecule has 0 fully saturated rings. The van der Waals surface area contributed by atoms with E-state index in [1.807, 2.05) is 29.0 Å². The molecule has 0 radical (unpaired) electrons. The Hall–Kier alpha value is -2.60. The molecule has 108 valence electrons. The van der Waals surface area contributed by atoms with E-state index >= 15 is 0 Å². The number of aromatic nitrogens is 4. The Morgan fingerprint density at radius 1 is 1.09 bits per heavy atom. The van der Waals surface area contributed by atoms with Crippen molar-refractivity contribution in [3.63, 3.8) is 0 Å². The van der Waals surface area contributed by atoms with Gasteiger partial charge in [-0.25, -0.2) is 19.3 Å². The first-order valence-corrected chi connectivity index (χ1v) is 7.62. The quantitative estimate of drug-likeness (QED) is 0.563. The van der Waals surface area contributed by atoms with Gasteiger partial charge in [0.25, 0.3) is 0 Å². The molecule has 0 aliphatic carbocycles. The SMILES string of the molecule is Cc1nccc(-c2c(-c3ccc(F)cc3)nc3sccn23)n1. The topological polar surface area (TPSA) is 43.1 Å². The van der Waals surface area contributed by atoms with E-state index in [4.69, 9.17) is 0 Å². The average Bonchev–Trinajstić information content (AvgIpc) is 3.08. The van der Waals surface area contributed by atoms with Crippen molar-refractivity contribution in [1.29, 1.82) is 0 Å². The molecule has 0 N–H and O–H groups in total. The second kappa shape index (κ2) is 4.99. The van der Waals surface area contributed by atoms with Crippen LogP contribution in [0, 0.1) is 12.7 Å². The summed E-state index contributed by atoms with van der Waals surface area (Å²) in [4.78, 5) is 14.2. The number of fused-ring (bicyclic) bond motifs is 1. The highest BCUT2D eigenvalue weighted by Crippen LogP contribution is 2.33. The Morgan fingerprint density at radius 2 is 1.91 bits per heavy atom. The van der Waals surface area contributed by atoms with Crippen LogP contribution in [0.2, 0.25) is 0 Å². The van der Waals surface area contributed by atoms with Crippen molar-refractivity contribution >= 4 is 16.3 Å². The highest BCUT2D eigenvalue weighted by atomic mass is 32.1. The largest absolute Gasteiger partial charge is 0.288 e. The second-order valence-corrected chi connectivity index (χ2v) is 5.73. The lowest BCUT2D eigenvalue weighted by atomic mass is 10.1. The van der Waals surface area contributed by atoms with E-state index in [0.29, 0.717) is 5.82 Å². The molecule has 0 aliphatic rings. The first kappa shape index (κ1) is 13.1. The first-order valence-electron chi connectivity index (χ1n) is 6.74. The highest BCUT2D eigenvalue weighted by Gasteiger charge is 2.17. The van der Waals surface area contributed by atoms with Gasteiger partial charge in [0.05, 0.1) is 11.4 Å². The van der Waals surface area contributed by atoms with Gasteiger partial charge in [-0.05, 0) is 37.3 Å². The van der Waals surface area contributed by atoms with Crippen LogP contribution in [0.5, 0.6) is 0 Å². The van der Waals surface area contributed by atoms with Crippen LogP contribution in [-0.2, 0) is 0 Å². The van der Waals surface area contributed by atoms with Gasteiger partial charge in [-0.2, -0.15) is 0 Å². The summed E-state index contributed by atoms with van der Waals surface area (Å²) in [5.41, 5.74) is 3.36. The molecule has 3 heterocycles. The van der Waals surface area contributed by atoms with Gasteiger partial charge in [0.15, 0.2) is 4.96 Å². The Kier molecular flexibility index (Phi) is 2.97. The molecule has 0 spiro atoms. The Morgan fingerprint density at radius 3 is 2.68 bits per heavy atom. The van der Waals surface area contributed by atoms with Gasteiger partial charge in [-0.3, -0.25) is 4.40 Å². The number of imidazole rings is 1. The van der Waals surface area contributed by atoms with Gasteiger partial charge in [0, 0.05) is 23.3 Å². The fourth-order valence-corrected chi connectivity index (χ4v) is 3.14. The summed E-state index contributed by atoms with van der Waals surface area (Å²) in [6.45, 7) is 1.85. The maximum Gasteiger partial charge on any atom is 0.194 e. The van der Waals surface area contributed by atoms with Crippen molar-refractivity contribution in [3.05, 3.63) is 59.7 Å². The van der Waals surface area contributed by atoms with Crippen LogP contribution in [0.1, 0.15) is 5.82 Å². The van der Waals surface area contributed by atoms with Gasteiger partial charge < -0.3 is 0 Å². The molecular formula is C16H11FN4S. The van der Waals surface area contributed by atoms with E-state index < -0.39 is 0 Å². The zero-order chi connectivity index (χ0) is 15.1. The van der Waals surface area contributed by atoms with E-state index in [1.165, 1.54) is 12.1 Å². The minimum Gasteiger partial charge on any atom is -0.288 e. The predicted molar refractivity (Wildman–Crippen MR) is 84.2 cm³/mol. The van der Waals surface area contributed by atoms with E-state index in [-0.39, 0.29) is 5.82 Å². The number of nitrogens with zero attached hydrogens (tertiary/aromatic N) is 4. The molecule has 22 heavy (non-hydrogen) atoms. The third kappa shape index (κ3) is 2.08. The summed E-state index contributed by atoms with van der Waals surface area (Å²) < 4.78 is 15.2. The van der Waals surface area contributed by atoms with Gasteiger partial charge in [-0.15, -0.1) is 11.3 Å². The molecule has 1 aromatic carbocycles. The molecule has 3 aromatic heterocycles. The Balaban J connectivity index is 2.01. The third-order valence-corrected chi connectivity index (χ3v) is 4.16. The van der Waals surface area contributed by atoms with Gasteiger partial charge in [0.2, 0.25) is 0 Å². The van der Waals surface area contributed by atoms with Crippen LogP contribution < -0.4 is 0 Å². The standard InChI is InChI=1S/C16H11FN4S/c1-10-18-7-6-13(19-10)15-14(11-2-4-12(17)5-3-11)20-16-21(15)8-9-22-16/h2-9H,1H3. The maximum atomic E-state index is 13.2. The zero-order valence-corrected chi connectivity index (χ0v) is 12.5. The number of aryl methyl sites for hydroxylation is 1. The summed E-state index contributed by atoms with van der Waals surface area (Å²) in [6.07, 6.45) is 3.70. The van der Waals surface area contributed by atoms with Crippen molar-refractivity contribution in [1.82, 2.24) is 19.4 Å².